The van der Waals surface area contributed by atoms with Crippen molar-refractivity contribution in [3.63, 3.8) is 0 Å². The first-order chi connectivity index (χ1) is 7.65. The van der Waals surface area contributed by atoms with Crippen molar-refractivity contribution >= 4 is 29.5 Å². The van der Waals surface area contributed by atoms with E-state index in [9.17, 15) is 9.90 Å². The third kappa shape index (κ3) is 1.74. The molecule has 2 rings (SSSR count). The molecule has 0 saturated heterocycles. The van der Waals surface area contributed by atoms with Gasteiger partial charge in [-0.3, -0.25) is 4.79 Å². The van der Waals surface area contributed by atoms with Crippen molar-refractivity contribution in [3.8, 4) is 0 Å². The van der Waals surface area contributed by atoms with Gasteiger partial charge in [0.25, 0.3) is 0 Å². The molecule has 2 nitrogen and oxygen atoms in total. The maximum Gasteiger partial charge on any atom is 0.314 e. The largest absolute Gasteiger partial charge is 0.481 e. The number of aliphatic carboxylic acids is 1. The summed E-state index contributed by atoms with van der Waals surface area (Å²) in [6, 6.07) is 5.98. The first-order valence-electron chi connectivity index (χ1n) is 5.10. The molecule has 0 amide bonds. The van der Waals surface area contributed by atoms with Crippen molar-refractivity contribution in [2.45, 2.75) is 28.0 Å². The lowest BCUT2D eigenvalue weighted by Crippen LogP contribution is -2.20. The smallest absolute Gasteiger partial charge is 0.314 e. The SMILES string of the molecule is CSc1cccc(C2(C(=O)O)CC2)c1SC. The summed E-state index contributed by atoms with van der Waals surface area (Å²) in [5.74, 6) is -0.680. The quantitative estimate of drug-likeness (QED) is 0.837. The first-order valence-corrected chi connectivity index (χ1v) is 7.55. The minimum absolute atomic E-state index is 0.593. The van der Waals surface area contributed by atoms with Crippen molar-refractivity contribution in [1.29, 1.82) is 0 Å². The van der Waals surface area contributed by atoms with Crippen LogP contribution in [-0.4, -0.2) is 23.6 Å². The standard InChI is InChI=1S/C12H14O2S2/c1-15-9-5-3-4-8(10(9)16-2)12(6-7-12)11(13)14/h3-5H,6-7H2,1-2H3,(H,13,14). The highest BCUT2D eigenvalue weighted by atomic mass is 32.2. The average molecular weight is 254 g/mol. The highest BCUT2D eigenvalue weighted by Gasteiger charge is 2.53. The molecule has 86 valence electrons. The second kappa shape index (κ2) is 4.34. The minimum atomic E-state index is -0.680. The van der Waals surface area contributed by atoms with Gasteiger partial charge in [0.2, 0.25) is 0 Å². The lowest BCUT2D eigenvalue weighted by molar-refractivity contribution is -0.140. The van der Waals surface area contributed by atoms with Crippen LogP contribution in [0.15, 0.2) is 28.0 Å². The summed E-state index contributed by atoms with van der Waals surface area (Å²) >= 11 is 3.32. The Labute approximate surface area is 104 Å². The number of carboxylic acid groups (broad SMARTS) is 1. The highest BCUT2D eigenvalue weighted by molar-refractivity contribution is 8.01. The molecule has 1 aromatic rings. The molecular formula is C12H14O2S2. The fourth-order valence-electron chi connectivity index (χ4n) is 1.99. The van der Waals surface area contributed by atoms with Crippen molar-refractivity contribution in [1.82, 2.24) is 0 Å². The Morgan fingerprint density at radius 2 is 2.00 bits per heavy atom. The molecule has 0 unspecified atom stereocenters. The number of hydrogen-bond donors (Lipinski definition) is 1. The third-order valence-electron chi connectivity index (χ3n) is 3.08. The van der Waals surface area contributed by atoms with Crippen LogP contribution in [0.3, 0.4) is 0 Å². The Morgan fingerprint density at radius 1 is 1.31 bits per heavy atom. The van der Waals surface area contributed by atoms with Crippen LogP contribution in [0.1, 0.15) is 18.4 Å². The van der Waals surface area contributed by atoms with E-state index in [1.807, 2.05) is 24.6 Å². The van der Waals surface area contributed by atoms with E-state index in [4.69, 9.17) is 0 Å². The van der Waals surface area contributed by atoms with E-state index in [2.05, 4.69) is 6.07 Å². The van der Waals surface area contributed by atoms with Crippen LogP contribution >= 0.6 is 23.5 Å². The third-order valence-corrected chi connectivity index (χ3v) is 4.84. The summed E-state index contributed by atoms with van der Waals surface area (Å²) in [5.41, 5.74) is 0.406. The topological polar surface area (TPSA) is 37.3 Å². The molecule has 0 atom stereocenters. The van der Waals surface area contributed by atoms with Crippen LogP contribution in [0.2, 0.25) is 0 Å². The predicted octanol–water partition coefficient (Wildman–Crippen LogP) is 3.25. The van der Waals surface area contributed by atoms with Gasteiger partial charge in [0.1, 0.15) is 0 Å². The van der Waals surface area contributed by atoms with E-state index in [1.54, 1.807) is 23.5 Å². The van der Waals surface area contributed by atoms with Gasteiger partial charge in [-0.1, -0.05) is 12.1 Å². The number of hydrogen-bond acceptors (Lipinski definition) is 3. The van der Waals surface area contributed by atoms with Gasteiger partial charge in [0.05, 0.1) is 5.41 Å². The van der Waals surface area contributed by atoms with Gasteiger partial charge >= 0.3 is 5.97 Å². The Bertz CT molecular complexity index is 425. The molecule has 1 aliphatic rings. The number of carbonyl (C=O) groups is 1. The van der Waals surface area contributed by atoms with E-state index in [0.29, 0.717) is 0 Å². The summed E-state index contributed by atoms with van der Waals surface area (Å²) in [4.78, 5) is 13.6. The van der Waals surface area contributed by atoms with Gasteiger partial charge in [-0.05, 0) is 37.0 Å². The van der Waals surface area contributed by atoms with Gasteiger partial charge in [-0.15, -0.1) is 23.5 Å². The monoisotopic (exact) mass is 254 g/mol. The molecule has 0 aliphatic heterocycles. The van der Waals surface area contributed by atoms with E-state index in [-0.39, 0.29) is 0 Å². The molecular weight excluding hydrogens is 240 g/mol. The molecule has 0 bridgehead atoms. The molecule has 1 fully saturated rings. The minimum Gasteiger partial charge on any atom is -0.481 e. The molecule has 1 aliphatic carbocycles. The Kier molecular flexibility index (Phi) is 3.22. The van der Waals surface area contributed by atoms with Crippen LogP contribution in [0.25, 0.3) is 0 Å². The first kappa shape index (κ1) is 11.9. The van der Waals surface area contributed by atoms with Gasteiger partial charge in [0.15, 0.2) is 0 Å². The Morgan fingerprint density at radius 3 is 2.44 bits per heavy atom. The van der Waals surface area contributed by atoms with Crippen molar-refractivity contribution in [3.05, 3.63) is 23.8 Å². The van der Waals surface area contributed by atoms with E-state index >= 15 is 0 Å². The summed E-state index contributed by atoms with van der Waals surface area (Å²) in [7, 11) is 0. The zero-order valence-electron chi connectivity index (χ0n) is 9.32. The second-order valence-corrected chi connectivity index (χ2v) is 5.59. The predicted molar refractivity (Wildman–Crippen MR) is 68.6 cm³/mol. The lowest BCUT2D eigenvalue weighted by atomic mass is 9.96. The van der Waals surface area contributed by atoms with Gasteiger partial charge in [0, 0.05) is 9.79 Å². The molecule has 16 heavy (non-hydrogen) atoms. The van der Waals surface area contributed by atoms with Crippen LogP contribution in [0.5, 0.6) is 0 Å². The number of carboxylic acids is 1. The fraction of sp³-hybridized carbons (Fsp3) is 0.417. The van der Waals surface area contributed by atoms with Gasteiger partial charge in [-0.2, -0.15) is 0 Å². The van der Waals surface area contributed by atoms with Crippen molar-refractivity contribution in [2.75, 3.05) is 12.5 Å². The zero-order valence-corrected chi connectivity index (χ0v) is 11.0. The number of rotatable bonds is 4. The average Bonchev–Trinajstić information content (AvgIpc) is 3.09. The fourth-order valence-corrected chi connectivity index (χ4v) is 3.75. The molecule has 0 aromatic heterocycles. The van der Waals surface area contributed by atoms with Crippen molar-refractivity contribution in [2.24, 2.45) is 0 Å². The molecule has 1 aromatic carbocycles. The summed E-state index contributed by atoms with van der Waals surface area (Å²) < 4.78 is 0. The molecule has 0 heterocycles. The molecule has 1 N–H and O–H groups in total. The molecule has 0 spiro atoms. The van der Waals surface area contributed by atoms with Gasteiger partial charge in [-0.25, -0.2) is 0 Å². The van der Waals surface area contributed by atoms with E-state index < -0.39 is 11.4 Å². The van der Waals surface area contributed by atoms with Crippen LogP contribution in [0, 0.1) is 0 Å². The highest BCUT2D eigenvalue weighted by Crippen LogP contribution is 2.52. The second-order valence-electron chi connectivity index (χ2n) is 3.93. The van der Waals surface area contributed by atoms with E-state index in [1.165, 1.54) is 4.90 Å². The molecule has 1 saturated carbocycles. The number of thioether (sulfide) groups is 2. The number of benzene rings is 1. The summed E-state index contributed by atoms with van der Waals surface area (Å²) in [5, 5.41) is 9.32. The lowest BCUT2D eigenvalue weighted by Gasteiger charge is -2.16. The molecule has 0 radical (unpaired) electrons. The zero-order chi connectivity index (χ0) is 11.8. The van der Waals surface area contributed by atoms with Crippen LogP contribution < -0.4 is 0 Å². The van der Waals surface area contributed by atoms with Crippen LogP contribution in [0.4, 0.5) is 0 Å². The van der Waals surface area contributed by atoms with Gasteiger partial charge < -0.3 is 5.11 Å². The summed E-state index contributed by atoms with van der Waals surface area (Å²) in [6.45, 7) is 0. The van der Waals surface area contributed by atoms with E-state index in [0.717, 1.165) is 23.3 Å². The maximum atomic E-state index is 11.3. The Balaban J connectivity index is 2.53. The van der Waals surface area contributed by atoms with Crippen molar-refractivity contribution < 1.29 is 9.90 Å². The van der Waals surface area contributed by atoms with Crippen LogP contribution in [-0.2, 0) is 10.2 Å². The normalized spacial score (nSPS) is 17.1. The molecule has 4 heteroatoms. The summed E-state index contributed by atoms with van der Waals surface area (Å²) in [6.07, 6.45) is 5.58. The maximum absolute atomic E-state index is 11.3. The Hall–Kier alpha value is -0.610.